The third kappa shape index (κ3) is 4.06. The average molecular weight is 261 g/mol. The molecule has 3 nitrogen and oxygen atoms in total. The Balaban J connectivity index is 1.92. The van der Waals surface area contributed by atoms with E-state index < -0.39 is 0 Å². The van der Waals surface area contributed by atoms with Gasteiger partial charge in [0.25, 0.3) is 0 Å². The van der Waals surface area contributed by atoms with E-state index in [-0.39, 0.29) is 23.8 Å². The lowest BCUT2D eigenvalue weighted by atomic mass is 9.84. The van der Waals surface area contributed by atoms with Gasteiger partial charge < -0.3 is 10.4 Å². The Kier molecular flexibility index (Phi) is 4.97. The molecule has 2 atom stereocenters. The third-order valence-electron chi connectivity index (χ3n) is 3.90. The van der Waals surface area contributed by atoms with Gasteiger partial charge in [0.05, 0.1) is 6.10 Å². The maximum Gasteiger partial charge on any atom is 0.223 e. The molecule has 19 heavy (non-hydrogen) atoms. The molecule has 0 heterocycles. The Labute approximate surface area is 115 Å². The SMILES string of the molecule is CC(O)CC(CNC(=O)C1CCC1)c1ccccc1. The zero-order valence-corrected chi connectivity index (χ0v) is 11.5. The molecule has 3 heteroatoms. The molecule has 1 amide bonds. The van der Waals surface area contributed by atoms with Gasteiger partial charge in [-0.3, -0.25) is 4.79 Å². The first-order valence-electron chi connectivity index (χ1n) is 7.17. The Bertz CT molecular complexity index is 398. The predicted octanol–water partition coefficient (Wildman–Crippen LogP) is 2.46. The second kappa shape index (κ2) is 6.71. The quantitative estimate of drug-likeness (QED) is 0.826. The van der Waals surface area contributed by atoms with Gasteiger partial charge in [-0.1, -0.05) is 36.8 Å². The van der Waals surface area contributed by atoms with Crippen LogP contribution < -0.4 is 5.32 Å². The van der Waals surface area contributed by atoms with Gasteiger partial charge >= 0.3 is 0 Å². The minimum Gasteiger partial charge on any atom is -0.393 e. The summed E-state index contributed by atoms with van der Waals surface area (Å²) < 4.78 is 0. The van der Waals surface area contributed by atoms with Crippen LogP contribution in [0.5, 0.6) is 0 Å². The standard InChI is InChI=1S/C16H23NO2/c1-12(18)10-15(13-6-3-2-4-7-13)11-17-16(19)14-8-5-9-14/h2-4,6-7,12,14-15,18H,5,8-11H2,1H3,(H,17,19). The van der Waals surface area contributed by atoms with Crippen LogP contribution in [0.25, 0.3) is 0 Å². The second-order valence-corrected chi connectivity index (χ2v) is 5.57. The Hall–Kier alpha value is -1.35. The summed E-state index contributed by atoms with van der Waals surface area (Å²) in [5.41, 5.74) is 1.18. The number of nitrogens with one attached hydrogen (secondary N) is 1. The van der Waals surface area contributed by atoms with Crippen molar-refractivity contribution in [2.75, 3.05) is 6.54 Å². The molecule has 1 aliphatic carbocycles. The van der Waals surface area contributed by atoms with Crippen molar-refractivity contribution in [1.29, 1.82) is 0 Å². The van der Waals surface area contributed by atoms with E-state index in [1.165, 1.54) is 12.0 Å². The van der Waals surface area contributed by atoms with Crippen LogP contribution in [0.4, 0.5) is 0 Å². The highest BCUT2D eigenvalue weighted by molar-refractivity contribution is 5.79. The van der Waals surface area contributed by atoms with Crippen molar-refractivity contribution in [1.82, 2.24) is 5.32 Å². The van der Waals surface area contributed by atoms with E-state index in [1.807, 2.05) is 18.2 Å². The number of amides is 1. The number of aliphatic hydroxyl groups is 1. The monoisotopic (exact) mass is 261 g/mol. The molecule has 1 aliphatic rings. The lowest BCUT2D eigenvalue weighted by molar-refractivity contribution is -0.127. The Morgan fingerprint density at radius 3 is 2.58 bits per heavy atom. The highest BCUT2D eigenvalue weighted by atomic mass is 16.3. The number of benzene rings is 1. The Morgan fingerprint density at radius 1 is 1.37 bits per heavy atom. The van der Waals surface area contributed by atoms with Crippen molar-refractivity contribution in [3.63, 3.8) is 0 Å². The van der Waals surface area contributed by atoms with E-state index in [1.54, 1.807) is 6.92 Å². The summed E-state index contributed by atoms with van der Waals surface area (Å²) in [5, 5.41) is 12.6. The fourth-order valence-electron chi connectivity index (χ4n) is 2.51. The van der Waals surface area contributed by atoms with Crippen LogP contribution in [0.1, 0.15) is 44.1 Å². The summed E-state index contributed by atoms with van der Waals surface area (Å²) in [6.07, 6.45) is 3.55. The summed E-state index contributed by atoms with van der Waals surface area (Å²) in [7, 11) is 0. The summed E-state index contributed by atoms with van der Waals surface area (Å²) in [5.74, 6) is 0.589. The van der Waals surface area contributed by atoms with Crippen molar-refractivity contribution in [2.45, 2.75) is 44.6 Å². The topological polar surface area (TPSA) is 49.3 Å². The highest BCUT2D eigenvalue weighted by Crippen LogP contribution is 2.27. The zero-order valence-electron chi connectivity index (χ0n) is 11.5. The second-order valence-electron chi connectivity index (χ2n) is 5.57. The Morgan fingerprint density at radius 2 is 2.05 bits per heavy atom. The molecule has 0 radical (unpaired) electrons. The summed E-state index contributed by atoms with van der Waals surface area (Å²) in [4.78, 5) is 11.9. The van der Waals surface area contributed by atoms with E-state index in [0.717, 1.165) is 12.8 Å². The number of carbonyl (C=O) groups is 1. The van der Waals surface area contributed by atoms with Gasteiger partial charge in [-0.05, 0) is 31.7 Å². The van der Waals surface area contributed by atoms with Crippen LogP contribution >= 0.6 is 0 Å². The van der Waals surface area contributed by atoms with E-state index in [4.69, 9.17) is 0 Å². The van der Waals surface area contributed by atoms with E-state index >= 15 is 0 Å². The van der Waals surface area contributed by atoms with Crippen molar-refractivity contribution >= 4 is 5.91 Å². The fourth-order valence-corrected chi connectivity index (χ4v) is 2.51. The van der Waals surface area contributed by atoms with Gasteiger partial charge in [0, 0.05) is 18.4 Å². The first kappa shape index (κ1) is 14.1. The van der Waals surface area contributed by atoms with Gasteiger partial charge in [-0.25, -0.2) is 0 Å². The van der Waals surface area contributed by atoms with Gasteiger partial charge in [-0.2, -0.15) is 0 Å². The van der Waals surface area contributed by atoms with Crippen LogP contribution in [0.3, 0.4) is 0 Å². The summed E-state index contributed by atoms with van der Waals surface area (Å²) in [6, 6.07) is 10.1. The number of hydrogen-bond acceptors (Lipinski definition) is 2. The molecule has 1 aromatic rings. The minimum absolute atomic E-state index is 0.178. The molecule has 2 rings (SSSR count). The minimum atomic E-state index is -0.356. The van der Waals surface area contributed by atoms with Gasteiger partial charge in [-0.15, -0.1) is 0 Å². The molecular weight excluding hydrogens is 238 g/mol. The predicted molar refractivity (Wildman–Crippen MR) is 75.8 cm³/mol. The van der Waals surface area contributed by atoms with Crippen molar-refractivity contribution in [3.05, 3.63) is 35.9 Å². The number of hydrogen-bond donors (Lipinski definition) is 2. The number of rotatable bonds is 6. The van der Waals surface area contributed by atoms with Gasteiger partial charge in [0.15, 0.2) is 0 Å². The normalized spacial score (nSPS) is 18.4. The van der Waals surface area contributed by atoms with E-state index in [0.29, 0.717) is 13.0 Å². The molecule has 0 spiro atoms. The molecule has 0 saturated heterocycles. The molecular formula is C16H23NO2. The van der Waals surface area contributed by atoms with Gasteiger partial charge in [0.2, 0.25) is 5.91 Å². The summed E-state index contributed by atoms with van der Waals surface area (Å²) >= 11 is 0. The molecule has 1 fully saturated rings. The fraction of sp³-hybridized carbons (Fsp3) is 0.562. The first-order chi connectivity index (χ1) is 9.16. The van der Waals surface area contributed by atoms with Crippen LogP contribution in [0, 0.1) is 5.92 Å². The largest absolute Gasteiger partial charge is 0.393 e. The van der Waals surface area contributed by atoms with Crippen LogP contribution in [-0.4, -0.2) is 23.7 Å². The maximum atomic E-state index is 11.9. The van der Waals surface area contributed by atoms with Crippen molar-refractivity contribution in [3.8, 4) is 0 Å². The lowest BCUT2D eigenvalue weighted by Crippen LogP contribution is -2.37. The van der Waals surface area contributed by atoms with Crippen molar-refractivity contribution < 1.29 is 9.90 Å². The molecule has 104 valence electrons. The molecule has 0 aliphatic heterocycles. The van der Waals surface area contributed by atoms with Crippen LogP contribution in [0.15, 0.2) is 30.3 Å². The molecule has 2 unspecified atom stereocenters. The third-order valence-corrected chi connectivity index (χ3v) is 3.90. The van der Waals surface area contributed by atoms with E-state index in [9.17, 15) is 9.90 Å². The molecule has 0 aromatic heterocycles. The molecule has 1 aromatic carbocycles. The molecule has 0 bridgehead atoms. The van der Waals surface area contributed by atoms with Crippen molar-refractivity contribution in [2.24, 2.45) is 5.92 Å². The van der Waals surface area contributed by atoms with Crippen LogP contribution in [-0.2, 0) is 4.79 Å². The molecule has 1 saturated carbocycles. The maximum absolute atomic E-state index is 11.9. The van der Waals surface area contributed by atoms with Gasteiger partial charge in [0.1, 0.15) is 0 Å². The van der Waals surface area contributed by atoms with E-state index in [2.05, 4.69) is 17.4 Å². The zero-order chi connectivity index (χ0) is 13.7. The molecule has 2 N–H and O–H groups in total. The number of carbonyl (C=O) groups excluding carboxylic acids is 1. The average Bonchev–Trinajstić information content (AvgIpc) is 2.33. The smallest absolute Gasteiger partial charge is 0.223 e. The van der Waals surface area contributed by atoms with Crippen LogP contribution in [0.2, 0.25) is 0 Å². The highest BCUT2D eigenvalue weighted by Gasteiger charge is 2.25. The lowest BCUT2D eigenvalue weighted by Gasteiger charge is -2.26. The number of aliphatic hydroxyl groups excluding tert-OH is 1. The summed E-state index contributed by atoms with van der Waals surface area (Å²) in [6.45, 7) is 2.41. The first-order valence-corrected chi connectivity index (χ1v) is 7.17.